The summed E-state index contributed by atoms with van der Waals surface area (Å²) in [7, 11) is 2.58. The van der Waals surface area contributed by atoms with Crippen molar-refractivity contribution in [2.45, 2.75) is 0 Å². The summed E-state index contributed by atoms with van der Waals surface area (Å²) in [4.78, 5) is 4.37. The Morgan fingerprint density at radius 1 is 1.07 bits per heavy atom. The molecule has 0 aliphatic carbocycles. The van der Waals surface area contributed by atoms with E-state index in [1.54, 1.807) is 28.8 Å². The fraction of sp³-hybridized carbons (Fsp3) is 0. The standard InChI is InChI=1S/C20H16FN4OP/c21-14-7-8-16(27)15(10-14)19-20(22)23-17-9-6-13(11-25(17)19)18(24-26)12-4-2-1-3-5-12/h1-11,26H,22,27H2/b24-18+. The van der Waals surface area contributed by atoms with Gasteiger partial charge in [-0.3, -0.25) is 4.40 Å². The number of aromatic nitrogens is 2. The largest absolute Gasteiger partial charge is 0.410 e. The van der Waals surface area contributed by atoms with E-state index in [1.165, 1.54) is 12.1 Å². The Labute approximate surface area is 157 Å². The highest BCUT2D eigenvalue weighted by atomic mass is 31.0. The fourth-order valence-corrected chi connectivity index (χ4v) is 3.40. The molecule has 0 fully saturated rings. The van der Waals surface area contributed by atoms with Gasteiger partial charge in [0.05, 0.1) is 5.69 Å². The van der Waals surface area contributed by atoms with E-state index in [0.29, 0.717) is 34.0 Å². The predicted molar refractivity (Wildman–Crippen MR) is 108 cm³/mol. The van der Waals surface area contributed by atoms with Crippen molar-refractivity contribution in [3.05, 3.63) is 83.8 Å². The molecule has 0 radical (unpaired) electrons. The van der Waals surface area contributed by atoms with Crippen LogP contribution in [0.4, 0.5) is 10.2 Å². The monoisotopic (exact) mass is 378 g/mol. The normalized spacial score (nSPS) is 11.9. The van der Waals surface area contributed by atoms with Gasteiger partial charge in [-0.25, -0.2) is 9.37 Å². The number of fused-ring (bicyclic) bond motifs is 1. The zero-order valence-electron chi connectivity index (χ0n) is 14.2. The van der Waals surface area contributed by atoms with Gasteiger partial charge < -0.3 is 10.9 Å². The molecule has 0 saturated heterocycles. The highest BCUT2D eigenvalue weighted by molar-refractivity contribution is 7.28. The molecular formula is C20H16FN4OP. The highest BCUT2D eigenvalue weighted by Crippen LogP contribution is 2.28. The second-order valence-electron chi connectivity index (χ2n) is 6.04. The average Bonchev–Trinajstić information content (AvgIpc) is 3.00. The first-order valence-electron chi connectivity index (χ1n) is 8.19. The van der Waals surface area contributed by atoms with Crippen LogP contribution in [-0.2, 0) is 0 Å². The molecule has 2 heterocycles. The van der Waals surface area contributed by atoms with E-state index in [4.69, 9.17) is 5.73 Å². The van der Waals surface area contributed by atoms with Crippen LogP contribution in [0.5, 0.6) is 0 Å². The Balaban J connectivity index is 1.94. The molecule has 5 nitrogen and oxygen atoms in total. The number of benzene rings is 2. The third kappa shape index (κ3) is 3.04. The number of nitrogen functional groups attached to an aromatic ring is 1. The van der Waals surface area contributed by atoms with E-state index >= 15 is 0 Å². The molecule has 7 heteroatoms. The number of imidazole rings is 1. The first kappa shape index (κ1) is 17.2. The number of oxime groups is 1. The second-order valence-corrected chi connectivity index (χ2v) is 6.66. The van der Waals surface area contributed by atoms with Crippen LogP contribution in [0.3, 0.4) is 0 Å². The van der Waals surface area contributed by atoms with Gasteiger partial charge in [-0.15, -0.1) is 9.24 Å². The highest BCUT2D eigenvalue weighted by Gasteiger charge is 2.17. The lowest BCUT2D eigenvalue weighted by Crippen LogP contribution is -2.06. The molecule has 27 heavy (non-hydrogen) atoms. The Morgan fingerprint density at radius 3 is 2.59 bits per heavy atom. The summed E-state index contributed by atoms with van der Waals surface area (Å²) in [5.74, 6) is -0.0627. The van der Waals surface area contributed by atoms with Crippen molar-refractivity contribution in [1.29, 1.82) is 0 Å². The van der Waals surface area contributed by atoms with Gasteiger partial charge in [0.15, 0.2) is 5.82 Å². The topological polar surface area (TPSA) is 75.9 Å². The summed E-state index contributed by atoms with van der Waals surface area (Å²) in [6.07, 6.45) is 1.78. The van der Waals surface area contributed by atoms with Crippen LogP contribution in [0.25, 0.3) is 16.9 Å². The van der Waals surface area contributed by atoms with Crippen LogP contribution < -0.4 is 11.0 Å². The van der Waals surface area contributed by atoms with Crippen LogP contribution in [-0.4, -0.2) is 20.3 Å². The van der Waals surface area contributed by atoms with Crippen LogP contribution in [0, 0.1) is 5.82 Å². The Kier molecular flexibility index (Phi) is 4.34. The molecule has 2 aromatic heterocycles. The maximum atomic E-state index is 13.8. The van der Waals surface area contributed by atoms with Gasteiger partial charge in [0.1, 0.15) is 17.2 Å². The first-order valence-corrected chi connectivity index (χ1v) is 8.77. The molecule has 3 N–H and O–H groups in total. The molecular weight excluding hydrogens is 362 g/mol. The van der Waals surface area contributed by atoms with Crippen molar-refractivity contribution in [3.63, 3.8) is 0 Å². The molecule has 0 aliphatic rings. The molecule has 1 unspecified atom stereocenters. The van der Waals surface area contributed by atoms with E-state index in [0.717, 1.165) is 10.9 Å². The van der Waals surface area contributed by atoms with E-state index in [-0.39, 0.29) is 5.82 Å². The van der Waals surface area contributed by atoms with Gasteiger partial charge >= 0.3 is 0 Å². The van der Waals surface area contributed by atoms with E-state index < -0.39 is 0 Å². The van der Waals surface area contributed by atoms with Crippen LogP contribution >= 0.6 is 9.24 Å². The van der Waals surface area contributed by atoms with Crippen LogP contribution in [0.2, 0.25) is 0 Å². The minimum atomic E-state index is -0.358. The minimum Gasteiger partial charge on any atom is -0.410 e. The zero-order valence-corrected chi connectivity index (χ0v) is 15.3. The number of anilines is 1. The quantitative estimate of drug-likeness (QED) is 0.248. The van der Waals surface area contributed by atoms with Crippen molar-refractivity contribution < 1.29 is 9.60 Å². The van der Waals surface area contributed by atoms with Crippen molar-refractivity contribution in [2.75, 3.05) is 5.73 Å². The van der Waals surface area contributed by atoms with Gasteiger partial charge in [0.25, 0.3) is 0 Å². The predicted octanol–water partition coefficient (Wildman–Crippen LogP) is 3.45. The van der Waals surface area contributed by atoms with Gasteiger partial charge in [0, 0.05) is 22.9 Å². The fourth-order valence-electron chi connectivity index (χ4n) is 3.08. The van der Waals surface area contributed by atoms with Gasteiger partial charge in [0.2, 0.25) is 0 Å². The van der Waals surface area contributed by atoms with Crippen molar-refractivity contribution >= 4 is 31.7 Å². The summed E-state index contributed by atoms with van der Waals surface area (Å²) < 4.78 is 15.6. The lowest BCUT2D eigenvalue weighted by molar-refractivity contribution is 0.319. The second kappa shape index (κ2) is 6.82. The number of halogens is 1. The van der Waals surface area contributed by atoms with Crippen LogP contribution in [0.15, 0.2) is 72.0 Å². The Hall–Kier alpha value is -3.24. The van der Waals surface area contributed by atoms with Crippen LogP contribution in [0.1, 0.15) is 11.1 Å². The maximum absolute atomic E-state index is 13.8. The lowest BCUT2D eigenvalue weighted by Gasteiger charge is -2.09. The molecule has 0 bridgehead atoms. The molecule has 4 rings (SSSR count). The Bertz CT molecular complexity index is 1170. The van der Waals surface area contributed by atoms with E-state index in [1.807, 2.05) is 30.3 Å². The molecule has 0 aliphatic heterocycles. The molecule has 0 amide bonds. The average molecular weight is 378 g/mol. The number of nitrogens with two attached hydrogens (primary N) is 1. The number of pyridine rings is 1. The molecule has 2 aromatic carbocycles. The Morgan fingerprint density at radius 2 is 1.85 bits per heavy atom. The van der Waals surface area contributed by atoms with Gasteiger partial charge in [-0.2, -0.15) is 0 Å². The minimum absolute atomic E-state index is 0.295. The summed E-state index contributed by atoms with van der Waals surface area (Å²) in [5, 5.41) is 13.8. The first-order chi connectivity index (χ1) is 13.1. The summed E-state index contributed by atoms with van der Waals surface area (Å²) in [6, 6.07) is 17.4. The third-order valence-electron chi connectivity index (χ3n) is 4.34. The van der Waals surface area contributed by atoms with Crippen molar-refractivity contribution in [2.24, 2.45) is 5.16 Å². The SMILES string of the molecule is Nc1nc2ccc(/C(=N/O)c3ccccc3)cn2c1-c1cc(F)ccc1P. The molecule has 4 aromatic rings. The summed E-state index contributed by atoms with van der Waals surface area (Å²) in [6.45, 7) is 0. The molecule has 1 atom stereocenters. The smallest absolute Gasteiger partial charge is 0.150 e. The summed E-state index contributed by atoms with van der Waals surface area (Å²) in [5.41, 5.74) is 9.83. The molecule has 0 spiro atoms. The number of nitrogens with zero attached hydrogens (tertiary/aromatic N) is 3. The van der Waals surface area contributed by atoms with Gasteiger partial charge in [-0.1, -0.05) is 41.6 Å². The van der Waals surface area contributed by atoms with Gasteiger partial charge in [-0.05, 0) is 29.6 Å². The third-order valence-corrected chi connectivity index (χ3v) is 4.84. The van der Waals surface area contributed by atoms with E-state index in [9.17, 15) is 9.60 Å². The van der Waals surface area contributed by atoms with E-state index in [2.05, 4.69) is 19.4 Å². The number of hydrogen-bond donors (Lipinski definition) is 2. The summed E-state index contributed by atoms with van der Waals surface area (Å²) >= 11 is 0. The van der Waals surface area contributed by atoms with Crippen molar-refractivity contribution in [3.8, 4) is 11.3 Å². The zero-order chi connectivity index (χ0) is 19.0. The van der Waals surface area contributed by atoms with Crippen molar-refractivity contribution in [1.82, 2.24) is 9.38 Å². The number of hydrogen-bond acceptors (Lipinski definition) is 4. The number of rotatable bonds is 3. The molecule has 134 valence electrons. The lowest BCUT2D eigenvalue weighted by atomic mass is 10.0. The maximum Gasteiger partial charge on any atom is 0.150 e. The molecule has 0 saturated carbocycles.